The number of carbonyl (C=O) groups is 2. The summed E-state index contributed by atoms with van der Waals surface area (Å²) >= 11 is 0. The number of aliphatic hydroxyl groups is 1. The molecule has 4 rings (SSSR count). The highest BCUT2D eigenvalue weighted by Gasteiger charge is 2.48. The van der Waals surface area contributed by atoms with E-state index in [9.17, 15) is 19.1 Å². The third-order valence-electron chi connectivity index (χ3n) is 6.70. The number of nitrogens with zero attached hydrogens (tertiary/aromatic N) is 1. The molecule has 6 nitrogen and oxygen atoms in total. The van der Waals surface area contributed by atoms with Crippen LogP contribution in [0.15, 0.2) is 72.8 Å². The molecule has 36 heavy (non-hydrogen) atoms. The van der Waals surface area contributed by atoms with Gasteiger partial charge < -0.3 is 20.1 Å². The first-order valence-corrected chi connectivity index (χ1v) is 12.2. The number of hydrogen-bond acceptors (Lipinski definition) is 4. The van der Waals surface area contributed by atoms with Crippen LogP contribution in [0.1, 0.15) is 55.0 Å². The van der Waals surface area contributed by atoms with Crippen LogP contribution in [-0.4, -0.2) is 24.0 Å². The lowest BCUT2D eigenvalue weighted by atomic mass is 9.78. The Morgan fingerprint density at radius 1 is 1.06 bits per heavy atom. The van der Waals surface area contributed by atoms with Crippen molar-refractivity contribution in [1.29, 1.82) is 0 Å². The highest BCUT2D eigenvalue weighted by atomic mass is 19.1. The number of halogens is 1. The van der Waals surface area contributed by atoms with E-state index in [0.717, 1.165) is 22.6 Å². The van der Waals surface area contributed by atoms with Gasteiger partial charge in [-0.3, -0.25) is 9.59 Å². The molecule has 1 aliphatic rings. The first-order valence-electron chi connectivity index (χ1n) is 12.2. The molecule has 0 unspecified atom stereocenters. The van der Waals surface area contributed by atoms with Gasteiger partial charge in [-0.2, -0.15) is 0 Å². The van der Waals surface area contributed by atoms with Crippen molar-refractivity contribution >= 4 is 17.5 Å². The predicted octanol–water partition coefficient (Wildman–Crippen LogP) is 5.08. The molecule has 2 amide bonds. The molecule has 3 atom stereocenters. The molecule has 3 aromatic rings. The topological polar surface area (TPSA) is 78.9 Å². The number of amides is 2. The van der Waals surface area contributed by atoms with Crippen LogP contribution in [0.4, 0.5) is 10.1 Å². The molecule has 0 radical (unpaired) electrons. The Hall–Kier alpha value is -3.71. The van der Waals surface area contributed by atoms with Crippen molar-refractivity contribution in [1.82, 2.24) is 5.32 Å². The van der Waals surface area contributed by atoms with E-state index in [2.05, 4.69) is 5.32 Å². The number of β-lactam (4-membered cyclic amide) rings is 1. The number of rotatable bonds is 10. The summed E-state index contributed by atoms with van der Waals surface area (Å²) in [6, 6.07) is 20.9. The lowest BCUT2D eigenvalue weighted by Gasteiger charge is -2.48. The van der Waals surface area contributed by atoms with Crippen LogP contribution in [0.3, 0.4) is 0 Å². The number of anilines is 1. The maximum atomic E-state index is 13.3. The van der Waals surface area contributed by atoms with Crippen LogP contribution in [-0.2, 0) is 16.1 Å². The summed E-state index contributed by atoms with van der Waals surface area (Å²) in [6.45, 7) is 2.25. The van der Waals surface area contributed by atoms with Crippen molar-refractivity contribution in [2.45, 2.75) is 44.9 Å². The lowest BCUT2D eigenvalue weighted by Crippen LogP contribution is -2.55. The van der Waals surface area contributed by atoms with E-state index in [1.165, 1.54) is 12.1 Å². The van der Waals surface area contributed by atoms with Crippen LogP contribution in [0.5, 0.6) is 5.75 Å². The standard InChI is InChI=1S/C29H31FN2O4/c1-3-27(34)31-18-19-4-12-23(13-5-19)32-28(21-8-14-24(36-2)15-9-21)25(29(32)35)16-17-26(33)20-6-10-22(30)11-7-20/h4-15,25-26,28,33H,3,16-18H2,1-2H3,(H,31,34)/t25-,26+,28-/m1/s1. The van der Waals surface area contributed by atoms with Gasteiger partial charge in [-0.1, -0.05) is 43.3 Å². The van der Waals surface area contributed by atoms with E-state index in [1.54, 1.807) is 24.1 Å². The van der Waals surface area contributed by atoms with Gasteiger partial charge in [0.2, 0.25) is 11.8 Å². The second kappa shape index (κ2) is 11.4. The summed E-state index contributed by atoms with van der Waals surface area (Å²) in [4.78, 5) is 26.6. The fraction of sp³-hybridized carbons (Fsp3) is 0.310. The van der Waals surface area contributed by atoms with Crippen LogP contribution in [0, 0.1) is 11.7 Å². The number of methoxy groups -OCH3 is 1. The van der Waals surface area contributed by atoms with E-state index in [-0.39, 0.29) is 29.6 Å². The number of benzene rings is 3. The lowest BCUT2D eigenvalue weighted by molar-refractivity contribution is -0.131. The van der Waals surface area contributed by atoms with Gasteiger partial charge >= 0.3 is 0 Å². The molecule has 0 aliphatic carbocycles. The van der Waals surface area contributed by atoms with E-state index >= 15 is 0 Å². The van der Waals surface area contributed by atoms with Gasteiger partial charge in [0.15, 0.2) is 0 Å². The van der Waals surface area contributed by atoms with Gasteiger partial charge in [0.1, 0.15) is 11.6 Å². The second-order valence-electron chi connectivity index (χ2n) is 8.97. The maximum Gasteiger partial charge on any atom is 0.233 e. The first kappa shape index (κ1) is 25.4. The van der Waals surface area contributed by atoms with Crippen molar-refractivity contribution in [3.8, 4) is 5.75 Å². The van der Waals surface area contributed by atoms with Gasteiger partial charge in [-0.15, -0.1) is 0 Å². The third kappa shape index (κ3) is 5.57. The summed E-state index contributed by atoms with van der Waals surface area (Å²) in [5, 5.41) is 13.5. The van der Waals surface area contributed by atoms with E-state index in [1.807, 2.05) is 55.5 Å². The zero-order chi connectivity index (χ0) is 25.7. The number of ether oxygens (including phenoxy) is 1. The Balaban J connectivity index is 1.51. The largest absolute Gasteiger partial charge is 0.497 e. The Morgan fingerprint density at radius 3 is 2.33 bits per heavy atom. The minimum atomic E-state index is -0.776. The molecule has 188 valence electrons. The fourth-order valence-electron chi connectivity index (χ4n) is 4.59. The minimum absolute atomic E-state index is 0.00541. The van der Waals surface area contributed by atoms with Gasteiger partial charge in [0.05, 0.1) is 25.2 Å². The number of carbonyl (C=O) groups excluding carboxylic acids is 2. The quantitative estimate of drug-likeness (QED) is 0.389. The molecular weight excluding hydrogens is 459 g/mol. The van der Waals surface area contributed by atoms with Crippen LogP contribution < -0.4 is 15.0 Å². The van der Waals surface area contributed by atoms with Crippen molar-refractivity contribution < 1.29 is 23.8 Å². The van der Waals surface area contributed by atoms with Crippen molar-refractivity contribution in [2.75, 3.05) is 12.0 Å². The Kier molecular flexibility index (Phi) is 8.00. The molecule has 0 saturated carbocycles. The monoisotopic (exact) mass is 490 g/mol. The summed E-state index contributed by atoms with van der Waals surface area (Å²) < 4.78 is 18.5. The average molecular weight is 491 g/mol. The zero-order valence-electron chi connectivity index (χ0n) is 20.5. The molecule has 2 N–H and O–H groups in total. The van der Waals surface area contributed by atoms with Crippen LogP contribution in [0.25, 0.3) is 0 Å². The van der Waals surface area contributed by atoms with Crippen molar-refractivity contribution in [2.24, 2.45) is 5.92 Å². The number of hydrogen-bond donors (Lipinski definition) is 2. The first-order chi connectivity index (χ1) is 17.4. The highest BCUT2D eigenvalue weighted by molar-refractivity contribution is 6.03. The fourth-order valence-corrected chi connectivity index (χ4v) is 4.59. The summed E-state index contributed by atoms with van der Waals surface area (Å²) in [7, 11) is 1.61. The summed E-state index contributed by atoms with van der Waals surface area (Å²) in [5.74, 6) is 0.0696. The molecule has 0 aromatic heterocycles. The molecule has 1 aliphatic heterocycles. The second-order valence-corrected chi connectivity index (χ2v) is 8.97. The molecule has 0 spiro atoms. The normalized spacial score (nSPS) is 17.9. The highest BCUT2D eigenvalue weighted by Crippen LogP contribution is 2.46. The van der Waals surface area contributed by atoms with E-state index in [4.69, 9.17) is 4.74 Å². The number of aliphatic hydroxyl groups excluding tert-OH is 1. The Morgan fingerprint density at radius 2 is 1.72 bits per heavy atom. The molecular formula is C29H31FN2O4. The minimum Gasteiger partial charge on any atom is -0.497 e. The average Bonchev–Trinajstić information content (AvgIpc) is 2.91. The molecule has 7 heteroatoms. The van der Waals surface area contributed by atoms with Crippen molar-refractivity contribution in [3.05, 3.63) is 95.3 Å². The zero-order valence-corrected chi connectivity index (χ0v) is 20.5. The van der Waals surface area contributed by atoms with Crippen molar-refractivity contribution in [3.63, 3.8) is 0 Å². The smallest absolute Gasteiger partial charge is 0.233 e. The molecule has 3 aromatic carbocycles. The maximum absolute atomic E-state index is 13.3. The molecule has 1 heterocycles. The van der Waals surface area contributed by atoms with Gasteiger partial charge in [0.25, 0.3) is 0 Å². The molecule has 0 bridgehead atoms. The van der Waals surface area contributed by atoms with Gasteiger partial charge in [0, 0.05) is 18.7 Å². The summed E-state index contributed by atoms with van der Waals surface area (Å²) in [6.07, 6.45) is 0.535. The van der Waals surface area contributed by atoms with E-state index < -0.39 is 6.10 Å². The SMILES string of the molecule is CCC(=O)NCc1ccc(N2C(=O)[C@H](CC[C@H](O)c3ccc(F)cc3)[C@H]2c2ccc(OC)cc2)cc1. The molecule has 1 fully saturated rings. The number of nitrogens with one attached hydrogen (secondary N) is 1. The molecule has 1 saturated heterocycles. The van der Waals surface area contributed by atoms with Gasteiger partial charge in [-0.25, -0.2) is 4.39 Å². The van der Waals surface area contributed by atoms with Gasteiger partial charge in [-0.05, 0) is 65.9 Å². The Bertz CT molecular complexity index is 1180. The van der Waals surface area contributed by atoms with Crippen LogP contribution in [0.2, 0.25) is 0 Å². The van der Waals surface area contributed by atoms with E-state index in [0.29, 0.717) is 31.4 Å². The predicted molar refractivity (Wildman–Crippen MR) is 136 cm³/mol. The Labute approximate surface area is 210 Å². The third-order valence-corrected chi connectivity index (χ3v) is 6.70. The summed E-state index contributed by atoms with van der Waals surface area (Å²) in [5.41, 5.74) is 3.35. The van der Waals surface area contributed by atoms with Crippen LogP contribution >= 0.6 is 0 Å².